The van der Waals surface area contributed by atoms with Crippen molar-refractivity contribution < 1.29 is 48.0 Å². The average Bonchev–Trinajstić information content (AvgIpc) is 3.32. The zero-order valence-corrected chi connectivity index (χ0v) is 25.6. The first-order valence-corrected chi connectivity index (χ1v) is 15.4. The van der Waals surface area contributed by atoms with Gasteiger partial charge in [0.05, 0.1) is 0 Å². The van der Waals surface area contributed by atoms with E-state index in [0.717, 1.165) is 0 Å². The molecule has 0 spiro atoms. The molecule has 184 valence electrons. The van der Waals surface area contributed by atoms with Crippen LogP contribution in [0, 0.1) is 13.8 Å². The molecule has 0 heterocycles. The molecular weight excluding hydrogens is 571 g/mol. The van der Waals surface area contributed by atoms with Gasteiger partial charge in [-0.3, -0.25) is 0 Å². The van der Waals surface area contributed by atoms with Gasteiger partial charge in [-0.25, -0.2) is 0 Å². The second-order valence-corrected chi connectivity index (χ2v) is 13.6. The minimum absolute atomic E-state index is 0. The number of hydrogen-bond acceptors (Lipinski definition) is 0. The van der Waals surface area contributed by atoms with Crippen LogP contribution in [0.5, 0.6) is 0 Å². The van der Waals surface area contributed by atoms with Crippen LogP contribution in [-0.2, 0) is 23.2 Å². The SMILES string of the molecule is CC1=C(c2ccccc2)[CH]([Zr+2][CH]2C(c3ccccc3)=C(C)c3c(C)cccc32)c2cccc(C)c21.[Cl-].[Cl-]. The Balaban J connectivity index is 0.00000160. The van der Waals surface area contributed by atoms with Gasteiger partial charge in [-0.2, -0.15) is 0 Å². The van der Waals surface area contributed by atoms with Crippen molar-refractivity contribution >= 4 is 22.3 Å². The Morgan fingerprint density at radius 1 is 0.459 bits per heavy atom. The number of rotatable bonds is 4. The van der Waals surface area contributed by atoms with Crippen LogP contribution in [0.3, 0.4) is 0 Å². The van der Waals surface area contributed by atoms with Gasteiger partial charge in [0.1, 0.15) is 0 Å². The first kappa shape index (κ1) is 27.8. The number of fused-ring (bicyclic) bond motifs is 2. The van der Waals surface area contributed by atoms with E-state index in [1.807, 2.05) is 0 Å². The molecule has 2 aliphatic rings. The molecule has 0 amide bonds. The molecule has 2 unspecified atom stereocenters. The maximum atomic E-state index is 2.41. The summed E-state index contributed by atoms with van der Waals surface area (Å²) in [5.74, 6) is 0. The van der Waals surface area contributed by atoms with Gasteiger partial charge in [0.2, 0.25) is 0 Å². The Kier molecular flexibility index (Phi) is 8.49. The quantitative estimate of drug-likeness (QED) is 0.338. The largest absolute Gasteiger partial charge is 1.00 e. The molecule has 4 aromatic carbocycles. The smallest absolute Gasteiger partial charge is 1.00 e. The van der Waals surface area contributed by atoms with Crippen LogP contribution in [-0.4, -0.2) is 0 Å². The van der Waals surface area contributed by atoms with Gasteiger partial charge in [-0.05, 0) is 0 Å². The Hall–Kier alpha value is -2.18. The van der Waals surface area contributed by atoms with Crippen molar-refractivity contribution in [1.82, 2.24) is 0 Å². The average molecular weight is 601 g/mol. The molecule has 0 bridgehead atoms. The molecular formula is C34H30Cl2Zr. The van der Waals surface area contributed by atoms with E-state index in [0.29, 0.717) is 7.25 Å². The molecule has 6 rings (SSSR count). The third kappa shape index (κ3) is 4.65. The van der Waals surface area contributed by atoms with Crippen molar-refractivity contribution in [3.63, 3.8) is 0 Å². The third-order valence-corrected chi connectivity index (χ3v) is 12.5. The fourth-order valence-electron chi connectivity index (χ4n) is 6.41. The van der Waals surface area contributed by atoms with E-state index in [1.54, 1.807) is 22.3 Å². The first-order valence-electron chi connectivity index (χ1n) is 12.5. The summed E-state index contributed by atoms with van der Waals surface area (Å²) < 4.78 is 1.08. The monoisotopic (exact) mass is 598 g/mol. The second kappa shape index (κ2) is 11.3. The molecule has 0 aromatic heterocycles. The van der Waals surface area contributed by atoms with Crippen molar-refractivity contribution in [1.29, 1.82) is 0 Å². The van der Waals surface area contributed by atoms with Gasteiger partial charge in [-0.15, -0.1) is 0 Å². The van der Waals surface area contributed by atoms with Crippen molar-refractivity contribution in [2.24, 2.45) is 0 Å². The van der Waals surface area contributed by atoms with Gasteiger partial charge < -0.3 is 24.8 Å². The fourth-order valence-corrected chi connectivity index (χ4v) is 12.0. The van der Waals surface area contributed by atoms with Crippen LogP contribution in [0.25, 0.3) is 22.3 Å². The van der Waals surface area contributed by atoms with Gasteiger partial charge in [0.15, 0.2) is 0 Å². The van der Waals surface area contributed by atoms with Gasteiger partial charge in [0, 0.05) is 0 Å². The molecule has 0 saturated carbocycles. The van der Waals surface area contributed by atoms with E-state index < -0.39 is 23.2 Å². The van der Waals surface area contributed by atoms with Crippen molar-refractivity contribution in [3.05, 3.63) is 142 Å². The van der Waals surface area contributed by atoms with E-state index in [2.05, 4.69) is 125 Å². The van der Waals surface area contributed by atoms with Crippen molar-refractivity contribution in [2.75, 3.05) is 0 Å². The van der Waals surface area contributed by atoms with E-state index in [-0.39, 0.29) is 24.8 Å². The van der Waals surface area contributed by atoms with E-state index in [4.69, 9.17) is 0 Å². The summed E-state index contributed by atoms with van der Waals surface area (Å²) >= 11 is -1.03. The van der Waals surface area contributed by atoms with Crippen LogP contribution in [0.1, 0.15) is 65.6 Å². The predicted octanol–water partition coefficient (Wildman–Crippen LogP) is 3.06. The van der Waals surface area contributed by atoms with Gasteiger partial charge >= 0.3 is 222 Å². The van der Waals surface area contributed by atoms with Gasteiger partial charge in [-0.1, -0.05) is 0 Å². The molecule has 0 aliphatic heterocycles. The number of aryl methyl sites for hydroxylation is 2. The summed E-state index contributed by atoms with van der Waals surface area (Å²) in [5, 5.41) is 0. The number of allylic oxidation sites excluding steroid dienone is 4. The van der Waals surface area contributed by atoms with Crippen LogP contribution in [0.15, 0.2) is 97.1 Å². The summed E-state index contributed by atoms with van der Waals surface area (Å²) in [6.45, 7) is 9.29. The number of hydrogen-bond donors (Lipinski definition) is 0. The minimum atomic E-state index is -1.03. The molecule has 0 radical (unpaired) electrons. The molecule has 3 heteroatoms. The third-order valence-electron chi connectivity index (χ3n) is 7.87. The maximum Gasteiger partial charge on any atom is -1.00 e. The summed E-state index contributed by atoms with van der Waals surface area (Å²) in [6.07, 6.45) is 0. The summed E-state index contributed by atoms with van der Waals surface area (Å²) in [4.78, 5) is 0. The molecule has 0 nitrogen and oxygen atoms in total. The molecule has 37 heavy (non-hydrogen) atoms. The van der Waals surface area contributed by atoms with Crippen LogP contribution >= 0.6 is 0 Å². The number of benzene rings is 4. The van der Waals surface area contributed by atoms with Crippen molar-refractivity contribution in [2.45, 2.75) is 34.9 Å². The maximum absolute atomic E-state index is 2.41. The van der Waals surface area contributed by atoms with Crippen molar-refractivity contribution in [3.8, 4) is 0 Å². The molecule has 0 N–H and O–H groups in total. The molecule has 4 aromatic rings. The minimum Gasteiger partial charge on any atom is -1.00 e. The van der Waals surface area contributed by atoms with E-state index in [9.17, 15) is 0 Å². The molecule has 0 fully saturated rings. The summed E-state index contributed by atoms with van der Waals surface area (Å²) in [6, 6.07) is 36.3. The molecule has 0 saturated heterocycles. The zero-order chi connectivity index (χ0) is 24.1. The van der Waals surface area contributed by atoms with Crippen LogP contribution in [0.4, 0.5) is 0 Å². The molecule has 2 aliphatic carbocycles. The number of halogens is 2. The van der Waals surface area contributed by atoms with E-state index in [1.165, 1.54) is 44.5 Å². The van der Waals surface area contributed by atoms with E-state index >= 15 is 0 Å². The standard InChI is InChI=1S/2C17H15.2ClH.Zr/c2*1-12-7-6-10-15-11-16(13(2)17(12)15)14-8-4-3-5-9-14;;;/h2*3-11H,1-2H3;2*1H;/q;;;;+2/p-2. The second-order valence-electron chi connectivity index (χ2n) is 9.92. The fraction of sp³-hybridized carbons (Fsp3) is 0.176. The Labute approximate surface area is 245 Å². The summed E-state index contributed by atoms with van der Waals surface area (Å²) in [5.41, 5.74) is 17.9. The first-order chi connectivity index (χ1) is 17.1. The molecule has 2 atom stereocenters. The topological polar surface area (TPSA) is 0 Å². The Bertz CT molecular complexity index is 1380. The Morgan fingerprint density at radius 2 is 0.838 bits per heavy atom. The zero-order valence-electron chi connectivity index (χ0n) is 21.6. The van der Waals surface area contributed by atoms with Crippen LogP contribution in [0.2, 0.25) is 0 Å². The van der Waals surface area contributed by atoms with Crippen LogP contribution < -0.4 is 24.8 Å². The normalized spacial score (nSPS) is 17.5. The van der Waals surface area contributed by atoms with Gasteiger partial charge in [0.25, 0.3) is 0 Å². The summed E-state index contributed by atoms with van der Waals surface area (Å²) in [7, 11) is 0. The predicted molar refractivity (Wildman–Crippen MR) is 146 cm³/mol. The Morgan fingerprint density at radius 3 is 1.22 bits per heavy atom.